The van der Waals surface area contributed by atoms with Crippen molar-refractivity contribution in [1.29, 1.82) is 0 Å². The van der Waals surface area contributed by atoms with E-state index in [1.54, 1.807) is 0 Å². The molecule has 0 aromatic carbocycles. The average molecular weight is 225 g/mol. The molecule has 0 rings (SSSR count). The van der Waals surface area contributed by atoms with Gasteiger partial charge in [-0.2, -0.15) is 8.42 Å². The van der Waals surface area contributed by atoms with Crippen molar-refractivity contribution < 1.29 is 22.3 Å². The Balaban J connectivity index is 0. The lowest BCUT2D eigenvalue weighted by molar-refractivity contribution is -0.114. The van der Waals surface area contributed by atoms with Gasteiger partial charge in [-0.05, 0) is 12.3 Å². The molecule has 0 heterocycles. The first-order valence-corrected chi connectivity index (χ1v) is 5.11. The summed E-state index contributed by atoms with van der Waals surface area (Å²) >= 11 is 0. The van der Waals surface area contributed by atoms with Crippen molar-refractivity contribution >= 4 is 16.3 Å². The number of nitrogens with two attached hydrogens (primary N) is 1. The van der Waals surface area contributed by atoms with Gasteiger partial charge >= 0.3 is 10.4 Å². The molecule has 1 amide bonds. The van der Waals surface area contributed by atoms with Crippen molar-refractivity contribution in [2.45, 2.75) is 20.3 Å². The van der Waals surface area contributed by atoms with Gasteiger partial charge in [-0.1, -0.05) is 20.4 Å². The fourth-order valence-corrected chi connectivity index (χ4v) is 0.593. The summed E-state index contributed by atoms with van der Waals surface area (Å²) in [5, 5.41) is 0. The van der Waals surface area contributed by atoms with E-state index in [0.717, 1.165) is 0 Å². The normalized spacial score (nSPS) is 10.4. The van der Waals surface area contributed by atoms with E-state index in [4.69, 9.17) is 23.3 Å². The molecule has 0 saturated heterocycles. The van der Waals surface area contributed by atoms with Gasteiger partial charge in [-0.3, -0.25) is 13.9 Å². The predicted octanol–water partition coefficient (Wildman–Crippen LogP) is 0.421. The highest BCUT2D eigenvalue weighted by Gasteiger charge is 2.02. The minimum absolute atomic E-state index is 0.385. The van der Waals surface area contributed by atoms with E-state index in [9.17, 15) is 4.79 Å². The predicted molar refractivity (Wildman–Crippen MR) is 52.0 cm³/mol. The molecule has 7 heteroatoms. The van der Waals surface area contributed by atoms with E-state index >= 15 is 0 Å². The van der Waals surface area contributed by atoms with E-state index in [0.29, 0.717) is 17.9 Å². The molecule has 6 nitrogen and oxygen atoms in total. The van der Waals surface area contributed by atoms with Crippen LogP contribution in [0.15, 0.2) is 12.2 Å². The Morgan fingerprint density at radius 1 is 1.43 bits per heavy atom. The van der Waals surface area contributed by atoms with Crippen LogP contribution in [0.2, 0.25) is 0 Å². The van der Waals surface area contributed by atoms with Gasteiger partial charge in [0.15, 0.2) is 0 Å². The van der Waals surface area contributed by atoms with Gasteiger partial charge in [0.2, 0.25) is 5.91 Å². The summed E-state index contributed by atoms with van der Waals surface area (Å²) in [5.74, 6) is 0.0775. The number of carbonyl (C=O) groups excluding carboxylic acids is 1. The molecule has 0 aliphatic heterocycles. The minimum Gasteiger partial charge on any atom is -0.366 e. The Morgan fingerprint density at radius 3 is 1.79 bits per heavy atom. The summed E-state index contributed by atoms with van der Waals surface area (Å²) in [6.07, 6.45) is 0.704. The van der Waals surface area contributed by atoms with Crippen LogP contribution < -0.4 is 5.73 Å². The summed E-state index contributed by atoms with van der Waals surface area (Å²) in [5.41, 5.74) is 5.46. The molecular weight excluding hydrogens is 210 g/mol. The number of hydrogen-bond acceptors (Lipinski definition) is 3. The van der Waals surface area contributed by atoms with E-state index in [2.05, 4.69) is 6.58 Å². The molecule has 0 atom stereocenters. The second kappa shape index (κ2) is 6.52. The highest BCUT2D eigenvalue weighted by atomic mass is 32.3. The quantitative estimate of drug-likeness (QED) is 0.475. The molecule has 4 N–H and O–H groups in total. The van der Waals surface area contributed by atoms with Crippen LogP contribution in [0.5, 0.6) is 0 Å². The summed E-state index contributed by atoms with van der Waals surface area (Å²) < 4.78 is 31.6. The molecule has 0 radical (unpaired) electrons. The van der Waals surface area contributed by atoms with Crippen LogP contribution >= 0.6 is 0 Å². The van der Waals surface area contributed by atoms with Crippen LogP contribution in [0, 0.1) is 5.92 Å². The monoisotopic (exact) mass is 225 g/mol. The molecule has 0 unspecified atom stereocenters. The van der Waals surface area contributed by atoms with Gasteiger partial charge in [0, 0.05) is 5.57 Å². The number of hydrogen-bond donors (Lipinski definition) is 3. The Hall–Kier alpha value is -0.920. The maximum atomic E-state index is 10.4. The Morgan fingerprint density at radius 2 is 1.71 bits per heavy atom. The second-order valence-electron chi connectivity index (χ2n) is 3.01. The van der Waals surface area contributed by atoms with E-state index in [1.807, 2.05) is 13.8 Å². The molecular formula is C7H15NO5S. The SMILES string of the molecule is C=C(CC(C)C)C(N)=O.O=S(=O)(O)O. The van der Waals surface area contributed by atoms with Gasteiger partial charge in [-0.15, -0.1) is 0 Å². The molecule has 0 spiro atoms. The zero-order valence-electron chi connectivity index (χ0n) is 8.10. The summed E-state index contributed by atoms with van der Waals surface area (Å²) in [6, 6.07) is 0. The third-order valence-corrected chi connectivity index (χ3v) is 1.00. The molecule has 84 valence electrons. The molecule has 0 saturated carbocycles. The zero-order valence-corrected chi connectivity index (χ0v) is 8.91. The maximum absolute atomic E-state index is 10.4. The van der Waals surface area contributed by atoms with Crippen molar-refractivity contribution in [2.75, 3.05) is 0 Å². The van der Waals surface area contributed by atoms with Crippen LogP contribution in [-0.4, -0.2) is 23.4 Å². The van der Waals surface area contributed by atoms with Crippen LogP contribution in [0.4, 0.5) is 0 Å². The van der Waals surface area contributed by atoms with Crippen molar-refractivity contribution in [3.63, 3.8) is 0 Å². The first-order chi connectivity index (χ1) is 6.04. The van der Waals surface area contributed by atoms with Crippen molar-refractivity contribution in [3.05, 3.63) is 12.2 Å². The largest absolute Gasteiger partial charge is 0.394 e. The van der Waals surface area contributed by atoms with Crippen molar-refractivity contribution in [2.24, 2.45) is 11.7 Å². The number of rotatable bonds is 3. The first-order valence-electron chi connectivity index (χ1n) is 3.71. The number of carbonyl (C=O) groups is 1. The third-order valence-electron chi connectivity index (χ3n) is 1.00. The molecule has 0 fully saturated rings. The van der Waals surface area contributed by atoms with Crippen molar-refractivity contribution in [1.82, 2.24) is 0 Å². The van der Waals surface area contributed by atoms with Gasteiger partial charge in [-0.25, -0.2) is 0 Å². The smallest absolute Gasteiger partial charge is 0.366 e. The van der Waals surface area contributed by atoms with Crippen LogP contribution in [0.3, 0.4) is 0 Å². The topological polar surface area (TPSA) is 118 Å². The average Bonchev–Trinajstić information content (AvgIpc) is 1.80. The molecule has 0 aromatic heterocycles. The summed E-state index contributed by atoms with van der Waals surface area (Å²) in [4.78, 5) is 10.4. The van der Waals surface area contributed by atoms with E-state index in [-0.39, 0.29) is 5.91 Å². The minimum atomic E-state index is -4.67. The standard InChI is InChI=1S/C7H13NO.H2O4S/c1-5(2)4-6(3)7(8)9;1-5(2,3)4/h5H,3-4H2,1-2H3,(H2,8,9);(H2,1,2,3,4). The Kier molecular flexibility index (Phi) is 7.24. The highest BCUT2D eigenvalue weighted by molar-refractivity contribution is 7.79. The van der Waals surface area contributed by atoms with Gasteiger partial charge in [0.1, 0.15) is 0 Å². The fourth-order valence-electron chi connectivity index (χ4n) is 0.593. The zero-order chi connectivity index (χ0) is 11.9. The van der Waals surface area contributed by atoms with Gasteiger partial charge in [0.05, 0.1) is 0 Å². The fraction of sp³-hybridized carbons (Fsp3) is 0.571. The Bertz CT molecular complexity index is 285. The third kappa shape index (κ3) is 22.5. The maximum Gasteiger partial charge on any atom is 0.394 e. The molecule has 14 heavy (non-hydrogen) atoms. The summed E-state index contributed by atoms with van der Waals surface area (Å²) in [6.45, 7) is 7.56. The van der Waals surface area contributed by atoms with E-state index in [1.165, 1.54) is 0 Å². The van der Waals surface area contributed by atoms with Crippen LogP contribution in [-0.2, 0) is 15.2 Å². The first kappa shape index (κ1) is 15.5. The molecule has 0 bridgehead atoms. The lowest BCUT2D eigenvalue weighted by Gasteiger charge is -2.02. The van der Waals surface area contributed by atoms with E-state index < -0.39 is 10.4 Å². The van der Waals surface area contributed by atoms with Gasteiger partial charge in [0.25, 0.3) is 0 Å². The molecule has 0 aliphatic carbocycles. The van der Waals surface area contributed by atoms with Crippen LogP contribution in [0.1, 0.15) is 20.3 Å². The van der Waals surface area contributed by atoms with Crippen LogP contribution in [0.25, 0.3) is 0 Å². The van der Waals surface area contributed by atoms with Gasteiger partial charge < -0.3 is 5.73 Å². The van der Waals surface area contributed by atoms with Crippen molar-refractivity contribution in [3.8, 4) is 0 Å². The summed E-state index contributed by atoms with van der Waals surface area (Å²) in [7, 11) is -4.67. The molecule has 0 aromatic rings. The second-order valence-corrected chi connectivity index (χ2v) is 3.91. The lowest BCUT2D eigenvalue weighted by atomic mass is 10.0. The highest BCUT2D eigenvalue weighted by Crippen LogP contribution is 2.06. The lowest BCUT2D eigenvalue weighted by Crippen LogP contribution is -2.14. The number of primary amides is 1. The Labute approximate surface area is 83.4 Å². The molecule has 0 aliphatic rings. The number of amides is 1.